The first-order valence-electron chi connectivity index (χ1n) is 11.0. The number of hydrogen-bond acceptors (Lipinski definition) is 6. The Morgan fingerprint density at radius 2 is 1.60 bits per heavy atom. The van der Waals surface area contributed by atoms with Crippen molar-refractivity contribution in [2.45, 2.75) is 12.5 Å². The topological polar surface area (TPSA) is 93.2 Å². The summed E-state index contributed by atoms with van der Waals surface area (Å²) in [5, 5.41) is 0. The van der Waals surface area contributed by atoms with Crippen molar-refractivity contribution in [1.82, 2.24) is 0 Å². The van der Waals surface area contributed by atoms with Crippen molar-refractivity contribution in [2.24, 2.45) is 0 Å². The average Bonchev–Trinajstić information content (AvgIpc) is 3.11. The molecule has 0 aromatic heterocycles. The van der Waals surface area contributed by atoms with Crippen LogP contribution >= 0.6 is 0 Å². The molecule has 8 nitrogen and oxygen atoms in total. The quantitative estimate of drug-likeness (QED) is 0.426. The third kappa shape index (κ3) is 3.37. The van der Waals surface area contributed by atoms with Crippen molar-refractivity contribution < 1.29 is 28.7 Å². The maximum Gasteiger partial charge on any atom is 0.307 e. The first-order valence-corrected chi connectivity index (χ1v) is 11.0. The van der Waals surface area contributed by atoms with Gasteiger partial charge in [0, 0.05) is 18.2 Å². The van der Waals surface area contributed by atoms with Gasteiger partial charge in [0.15, 0.2) is 0 Å². The van der Waals surface area contributed by atoms with Crippen molar-refractivity contribution in [1.29, 1.82) is 0 Å². The Balaban J connectivity index is 1.77. The molecule has 0 N–H and O–H groups in total. The smallest absolute Gasteiger partial charge is 0.307 e. The van der Waals surface area contributed by atoms with Crippen molar-refractivity contribution in [2.75, 3.05) is 31.1 Å². The van der Waals surface area contributed by atoms with Crippen molar-refractivity contribution in [3.05, 3.63) is 77.4 Å². The van der Waals surface area contributed by atoms with Gasteiger partial charge in [0.05, 0.1) is 43.6 Å². The number of ketones is 1. The summed E-state index contributed by atoms with van der Waals surface area (Å²) in [6.45, 7) is 0. The number of esters is 1. The van der Waals surface area contributed by atoms with Gasteiger partial charge in [-0.2, -0.15) is 0 Å². The number of nitrogens with zero attached hydrogens (tertiary/aromatic N) is 2. The van der Waals surface area contributed by atoms with E-state index in [1.54, 1.807) is 36.4 Å². The van der Waals surface area contributed by atoms with Crippen LogP contribution in [0, 0.1) is 0 Å². The number of Topliss-reactive ketones (excluding diaryl/α,β-unsaturated/α-hetero) is 1. The highest BCUT2D eigenvalue weighted by Gasteiger charge is 2.44. The Morgan fingerprint density at radius 1 is 0.886 bits per heavy atom. The highest BCUT2D eigenvalue weighted by molar-refractivity contribution is 6.52. The van der Waals surface area contributed by atoms with Gasteiger partial charge in [0.2, 0.25) is 0 Å². The number of ether oxygens (including phenoxy) is 2. The van der Waals surface area contributed by atoms with Crippen LogP contribution in [0.25, 0.3) is 11.1 Å². The molecule has 0 saturated heterocycles. The van der Waals surface area contributed by atoms with Crippen molar-refractivity contribution in [3.8, 4) is 16.9 Å². The molecule has 2 aliphatic rings. The molecular formula is C27H22N2O6. The number of carbonyl (C=O) groups is 4. The van der Waals surface area contributed by atoms with Crippen LogP contribution in [-0.4, -0.2) is 44.8 Å². The first kappa shape index (κ1) is 22.3. The van der Waals surface area contributed by atoms with E-state index in [9.17, 15) is 19.2 Å². The molecule has 5 rings (SSSR count). The molecular weight excluding hydrogens is 448 g/mol. The first-order chi connectivity index (χ1) is 16.9. The SMILES string of the molecule is COC(=O)CC1c2c(ccc3c2C(=O)C(=O)N3C)-c2ccccc2N1C(=O)c1ccc(OC)cc1. The second kappa shape index (κ2) is 8.39. The molecule has 1 unspecified atom stereocenters. The molecule has 3 aromatic rings. The molecule has 0 spiro atoms. The molecule has 0 radical (unpaired) electrons. The van der Waals surface area contributed by atoms with Crippen LogP contribution in [0.5, 0.6) is 5.75 Å². The van der Waals surface area contributed by atoms with E-state index in [4.69, 9.17) is 9.47 Å². The minimum Gasteiger partial charge on any atom is -0.497 e. The Bertz CT molecular complexity index is 1400. The zero-order valence-electron chi connectivity index (χ0n) is 19.4. The molecule has 2 heterocycles. The largest absolute Gasteiger partial charge is 0.497 e. The van der Waals surface area contributed by atoms with E-state index < -0.39 is 23.7 Å². The third-order valence-electron chi connectivity index (χ3n) is 6.55. The average molecular weight is 470 g/mol. The summed E-state index contributed by atoms with van der Waals surface area (Å²) in [6, 6.07) is 16.7. The number of benzene rings is 3. The monoisotopic (exact) mass is 470 g/mol. The van der Waals surface area contributed by atoms with Gasteiger partial charge in [-0.05, 0) is 47.5 Å². The highest BCUT2D eigenvalue weighted by atomic mass is 16.5. The van der Waals surface area contributed by atoms with Crippen LogP contribution in [0.2, 0.25) is 0 Å². The second-order valence-electron chi connectivity index (χ2n) is 8.33. The molecule has 0 fully saturated rings. The zero-order chi connectivity index (χ0) is 24.9. The number of para-hydroxylation sites is 1. The number of hydrogen-bond donors (Lipinski definition) is 0. The normalized spacial score (nSPS) is 15.9. The fourth-order valence-corrected chi connectivity index (χ4v) is 4.84. The van der Waals surface area contributed by atoms with Gasteiger partial charge in [0.1, 0.15) is 5.75 Å². The van der Waals surface area contributed by atoms with Crippen molar-refractivity contribution >= 4 is 34.9 Å². The summed E-state index contributed by atoms with van der Waals surface area (Å²) >= 11 is 0. The van der Waals surface area contributed by atoms with Gasteiger partial charge < -0.3 is 14.4 Å². The fourth-order valence-electron chi connectivity index (χ4n) is 4.84. The summed E-state index contributed by atoms with van der Waals surface area (Å²) in [7, 11) is 4.34. The van der Waals surface area contributed by atoms with Crippen LogP contribution < -0.4 is 14.5 Å². The number of amides is 2. The molecule has 35 heavy (non-hydrogen) atoms. The van der Waals surface area contributed by atoms with Gasteiger partial charge in [-0.3, -0.25) is 24.1 Å². The lowest BCUT2D eigenvalue weighted by Gasteiger charge is -2.39. The summed E-state index contributed by atoms with van der Waals surface area (Å²) < 4.78 is 10.2. The van der Waals surface area contributed by atoms with Gasteiger partial charge in [-0.25, -0.2) is 0 Å². The number of rotatable bonds is 4. The Hall–Kier alpha value is -4.46. The molecule has 0 saturated carbocycles. The Labute approximate surface area is 201 Å². The summed E-state index contributed by atoms with van der Waals surface area (Å²) in [5.74, 6) is -1.62. The van der Waals surface area contributed by atoms with Gasteiger partial charge >= 0.3 is 5.97 Å². The second-order valence-corrected chi connectivity index (χ2v) is 8.33. The molecule has 1 atom stereocenters. The summed E-state index contributed by atoms with van der Waals surface area (Å²) in [6.07, 6.45) is -0.193. The number of fused-ring (bicyclic) bond motifs is 5. The maximum absolute atomic E-state index is 13.9. The van der Waals surface area contributed by atoms with E-state index in [0.717, 1.165) is 5.56 Å². The third-order valence-corrected chi connectivity index (χ3v) is 6.55. The predicted octanol–water partition coefficient (Wildman–Crippen LogP) is 3.79. The van der Waals surface area contributed by atoms with E-state index in [0.29, 0.717) is 33.8 Å². The lowest BCUT2D eigenvalue weighted by atomic mass is 9.82. The molecule has 0 bridgehead atoms. The molecule has 3 aromatic carbocycles. The van der Waals surface area contributed by atoms with Crippen LogP contribution in [-0.2, 0) is 14.3 Å². The molecule has 176 valence electrons. The van der Waals surface area contributed by atoms with E-state index in [1.807, 2.05) is 24.3 Å². The zero-order valence-corrected chi connectivity index (χ0v) is 19.4. The standard InChI is InChI=1S/C27H22N2O6/c1-28-20-13-12-18-17-6-4-5-7-19(17)29(26(32)15-8-10-16(34-2)11-9-15)21(14-22(30)35-3)23(18)24(20)25(31)27(28)33/h4-13,21H,14H2,1-3H3. The number of likely N-dealkylation sites (N-methyl/N-ethyl adjacent to an activating group) is 1. The highest BCUT2D eigenvalue weighted by Crippen LogP contribution is 2.50. The maximum atomic E-state index is 13.9. The van der Waals surface area contributed by atoms with Crippen LogP contribution in [0.3, 0.4) is 0 Å². The van der Waals surface area contributed by atoms with E-state index in [-0.39, 0.29) is 17.9 Å². The molecule has 2 amide bonds. The number of methoxy groups -OCH3 is 2. The molecule has 8 heteroatoms. The van der Waals surface area contributed by atoms with Crippen molar-refractivity contribution in [3.63, 3.8) is 0 Å². The Kier molecular flexibility index (Phi) is 5.36. The minimum absolute atomic E-state index is 0.193. The Morgan fingerprint density at radius 3 is 2.29 bits per heavy atom. The molecule has 0 aliphatic carbocycles. The number of carbonyl (C=O) groups excluding carboxylic acids is 4. The van der Waals surface area contributed by atoms with E-state index in [2.05, 4.69) is 0 Å². The van der Waals surface area contributed by atoms with Crippen LogP contribution in [0.4, 0.5) is 11.4 Å². The van der Waals surface area contributed by atoms with Gasteiger partial charge in [0.25, 0.3) is 17.6 Å². The summed E-state index contributed by atoms with van der Waals surface area (Å²) in [5.41, 5.74) is 3.53. The summed E-state index contributed by atoms with van der Waals surface area (Å²) in [4.78, 5) is 55.0. The number of anilines is 2. The molecule has 2 aliphatic heterocycles. The van der Waals surface area contributed by atoms with E-state index in [1.165, 1.54) is 31.1 Å². The lowest BCUT2D eigenvalue weighted by molar-refractivity contribution is -0.141. The lowest BCUT2D eigenvalue weighted by Crippen LogP contribution is -2.39. The van der Waals surface area contributed by atoms with Crippen LogP contribution in [0.1, 0.15) is 38.7 Å². The van der Waals surface area contributed by atoms with Gasteiger partial charge in [-0.15, -0.1) is 0 Å². The minimum atomic E-state index is -0.861. The van der Waals surface area contributed by atoms with E-state index >= 15 is 0 Å². The van der Waals surface area contributed by atoms with Crippen LogP contribution in [0.15, 0.2) is 60.7 Å². The van der Waals surface area contributed by atoms with Gasteiger partial charge in [-0.1, -0.05) is 24.3 Å². The fraction of sp³-hybridized carbons (Fsp3) is 0.185. The predicted molar refractivity (Wildman–Crippen MR) is 129 cm³/mol.